The monoisotopic (exact) mass is 622 g/mol. The Labute approximate surface area is 253 Å². The standard InChI is InChI=1S/C29H31ClN8O4S/c1-14-8-17(16(3)33-21-6-7-22(30)34-25(21)27(39)36-43(5,41)42)24-18(9-14)28(40)37(4)29(35-24)38-12-19-20(13-38)23(19)26-31-10-15(2)11-32-26/h6-11,16,19-20,23,33H,12-13H2,1-5H3,(H,36,39)/t16-,19-,20+,23?/m1/s1. The Balaban J connectivity index is 1.32. The third-order valence-corrected chi connectivity index (χ3v) is 8.87. The summed E-state index contributed by atoms with van der Waals surface area (Å²) in [6.07, 6.45) is 4.58. The summed E-state index contributed by atoms with van der Waals surface area (Å²) in [5, 5.41) is 3.77. The van der Waals surface area contributed by atoms with E-state index in [1.165, 1.54) is 6.07 Å². The van der Waals surface area contributed by atoms with Crippen molar-refractivity contribution in [3.05, 3.63) is 80.4 Å². The van der Waals surface area contributed by atoms with Crippen molar-refractivity contribution in [3.8, 4) is 0 Å². The second-order valence-corrected chi connectivity index (χ2v) is 13.6. The van der Waals surface area contributed by atoms with Gasteiger partial charge in [-0.1, -0.05) is 17.7 Å². The van der Waals surface area contributed by atoms with E-state index in [1.807, 2.05) is 50.0 Å². The van der Waals surface area contributed by atoms with Crippen molar-refractivity contribution in [2.75, 3.05) is 29.6 Å². The van der Waals surface area contributed by atoms with E-state index in [-0.39, 0.29) is 22.1 Å². The SMILES string of the molecule is Cc1cnc(C2[C@H]3CN(c4nc5c([C@@H](C)Nc6ccc(Cl)nc6C(=O)NS(C)(=O)=O)cc(C)cc5c(=O)n4C)C[C@@H]23)nc1. The Kier molecular flexibility index (Phi) is 7.12. The molecule has 6 rings (SSSR count). The number of aryl methyl sites for hydroxylation is 2. The van der Waals surface area contributed by atoms with Gasteiger partial charge in [0.05, 0.1) is 28.9 Å². The third-order valence-electron chi connectivity index (χ3n) is 8.10. The number of benzene rings is 1. The van der Waals surface area contributed by atoms with Crippen molar-refractivity contribution >= 4 is 50.1 Å². The molecular formula is C29H31ClN8O4S. The van der Waals surface area contributed by atoms with Crippen LogP contribution in [0.2, 0.25) is 5.15 Å². The van der Waals surface area contributed by atoms with Crippen LogP contribution in [0.5, 0.6) is 0 Å². The van der Waals surface area contributed by atoms with Gasteiger partial charge in [-0.3, -0.25) is 14.2 Å². The van der Waals surface area contributed by atoms with Crippen LogP contribution in [0.1, 0.15) is 51.9 Å². The normalized spacial score (nSPS) is 20.1. The topological polar surface area (TPSA) is 152 Å². The number of halogens is 1. The van der Waals surface area contributed by atoms with Gasteiger partial charge in [-0.2, -0.15) is 0 Å². The summed E-state index contributed by atoms with van der Waals surface area (Å²) in [4.78, 5) is 46.7. The first kappa shape index (κ1) is 29.0. The number of nitrogens with one attached hydrogen (secondary N) is 2. The summed E-state index contributed by atoms with van der Waals surface area (Å²) in [6, 6.07) is 6.39. The summed E-state index contributed by atoms with van der Waals surface area (Å²) in [5.74, 6) is 1.68. The molecule has 14 heteroatoms. The predicted octanol–water partition coefficient (Wildman–Crippen LogP) is 3.10. The van der Waals surface area contributed by atoms with Gasteiger partial charge in [0, 0.05) is 44.0 Å². The molecule has 1 aliphatic heterocycles. The molecule has 2 fully saturated rings. The average Bonchev–Trinajstić information content (AvgIpc) is 3.43. The summed E-state index contributed by atoms with van der Waals surface area (Å²) in [6.45, 7) is 7.25. The molecule has 3 aromatic heterocycles. The van der Waals surface area contributed by atoms with Crippen LogP contribution in [0.15, 0.2) is 41.5 Å². The third kappa shape index (κ3) is 5.54. The first-order chi connectivity index (χ1) is 20.3. The summed E-state index contributed by atoms with van der Waals surface area (Å²) < 4.78 is 26.9. The van der Waals surface area contributed by atoms with Crippen LogP contribution in [0.4, 0.5) is 11.6 Å². The average molecular weight is 623 g/mol. The molecule has 0 bridgehead atoms. The van der Waals surface area contributed by atoms with Crippen molar-refractivity contribution in [2.24, 2.45) is 18.9 Å². The molecule has 1 aromatic carbocycles. The molecule has 1 amide bonds. The van der Waals surface area contributed by atoms with Gasteiger partial charge in [0.1, 0.15) is 11.0 Å². The van der Waals surface area contributed by atoms with Crippen LogP contribution >= 0.6 is 11.6 Å². The minimum absolute atomic E-state index is 0.0347. The zero-order valence-electron chi connectivity index (χ0n) is 24.3. The quantitative estimate of drug-likeness (QED) is 0.294. The number of rotatable bonds is 7. The van der Waals surface area contributed by atoms with Crippen molar-refractivity contribution in [2.45, 2.75) is 32.7 Å². The van der Waals surface area contributed by atoms with E-state index in [1.54, 1.807) is 17.7 Å². The predicted molar refractivity (Wildman–Crippen MR) is 164 cm³/mol. The van der Waals surface area contributed by atoms with Crippen molar-refractivity contribution < 1.29 is 13.2 Å². The van der Waals surface area contributed by atoms with Gasteiger partial charge < -0.3 is 10.2 Å². The molecule has 1 saturated carbocycles. The Morgan fingerprint density at radius 2 is 1.74 bits per heavy atom. The van der Waals surface area contributed by atoms with Crippen molar-refractivity contribution in [1.82, 2.24) is 29.2 Å². The lowest BCUT2D eigenvalue weighted by molar-refractivity contribution is 0.0977. The van der Waals surface area contributed by atoms with Crippen LogP contribution < -0.4 is 20.5 Å². The Morgan fingerprint density at radius 1 is 1.07 bits per heavy atom. The number of hydrogen-bond acceptors (Lipinski definition) is 10. The molecule has 43 heavy (non-hydrogen) atoms. The molecular weight excluding hydrogens is 592 g/mol. The first-order valence-corrected chi connectivity index (χ1v) is 16.1. The molecule has 1 aliphatic carbocycles. The number of anilines is 2. The second kappa shape index (κ2) is 10.6. The molecule has 0 spiro atoms. The van der Waals surface area contributed by atoms with Crippen molar-refractivity contribution in [1.29, 1.82) is 0 Å². The number of piperidine rings is 1. The Bertz CT molecular complexity index is 1940. The lowest BCUT2D eigenvalue weighted by Gasteiger charge is -2.25. The second-order valence-electron chi connectivity index (χ2n) is 11.5. The van der Waals surface area contributed by atoms with Crippen LogP contribution in [-0.2, 0) is 17.1 Å². The highest BCUT2D eigenvalue weighted by Gasteiger charge is 2.58. The van der Waals surface area contributed by atoms with E-state index in [9.17, 15) is 18.0 Å². The minimum Gasteiger partial charge on any atom is -0.377 e. The van der Waals surface area contributed by atoms with Gasteiger partial charge in [0.25, 0.3) is 11.5 Å². The number of pyridine rings is 1. The maximum atomic E-state index is 13.6. The number of carbonyl (C=O) groups is 1. The fourth-order valence-electron chi connectivity index (χ4n) is 6.05. The lowest BCUT2D eigenvalue weighted by Crippen LogP contribution is -2.32. The fourth-order valence-corrected chi connectivity index (χ4v) is 6.63. The molecule has 4 atom stereocenters. The van der Waals surface area contributed by atoms with E-state index in [2.05, 4.69) is 25.2 Å². The molecule has 224 valence electrons. The number of nitrogens with zero attached hydrogens (tertiary/aromatic N) is 6. The molecule has 1 saturated heterocycles. The van der Waals surface area contributed by atoms with E-state index < -0.39 is 22.0 Å². The molecule has 12 nitrogen and oxygen atoms in total. The highest BCUT2D eigenvalue weighted by atomic mass is 35.5. The number of aromatic nitrogens is 5. The minimum atomic E-state index is -3.83. The summed E-state index contributed by atoms with van der Waals surface area (Å²) in [5.41, 5.74) is 3.14. The molecule has 1 unspecified atom stereocenters. The summed E-state index contributed by atoms with van der Waals surface area (Å²) in [7, 11) is -2.09. The van der Waals surface area contributed by atoms with E-state index in [4.69, 9.17) is 16.6 Å². The number of hydrogen-bond donors (Lipinski definition) is 2. The van der Waals surface area contributed by atoms with Crippen LogP contribution in [0.3, 0.4) is 0 Å². The molecule has 2 N–H and O–H groups in total. The van der Waals surface area contributed by atoms with Crippen molar-refractivity contribution in [3.63, 3.8) is 0 Å². The molecule has 4 aromatic rings. The van der Waals surface area contributed by atoms with E-state index >= 15 is 0 Å². The number of fused-ring (bicyclic) bond motifs is 2. The van der Waals surface area contributed by atoms with Crippen LogP contribution in [0, 0.1) is 25.7 Å². The maximum Gasteiger partial charge on any atom is 0.285 e. The maximum absolute atomic E-state index is 13.6. The fraction of sp³-hybridized carbons (Fsp3) is 0.379. The van der Waals surface area contributed by atoms with Gasteiger partial charge in [-0.25, -0.2) is 33.1 Å². The lowest BCUT2D eigenvalue weighted by atomic mass is 10.0. The molecule has 4 heterocycles. The number of carbonyl (C=O) groups excluding carboxylic acids is 1. The van der Waals surface area contributed by atoms with E-state index in [0.717, 1.165) is 41.9 Å². The first-order valence-electron chi connectivity index (χ1n) is 13.8. The highest BCUT2D eigenvalue weighted by Crippen LogP contribution is 2.57. The van der Waals surface area contributed by atoms with Gasteiger partial charge in [-0.15, -0.1) is 0 Å². The van der Waals surface area contributed by atoms with Gasteiger partial charge >= 0.3 is 0 Å². The highest BCUT2D eigenvalue weighted by molar-refractivity contribution is 7.89. The van der Waals surface area contributed by atoms with Crippen LogP contribution in [-0.4, -0.2) is 58.2 Å². The van der Waals surface area contributed by atoms with Crippen LogP contribution in [0.25, 0.3) is 10.9 Å². The smallest absolute Gasteiger partial charge is 0.285 e. The van der Waals surface area contributed by atoms with Gasteiger partial charge in [0.2, 0.25) is 16.0 Å². The largest absolute Gasteiger partial charge is 0.377 e. The zero-order valence-corrected chi connectivity index (χ0v) is 25.9. The number of amides is 1. The van der Waals surface area contributed by atoms with Gasteiger partial charge in [-0.05, 0) is 61.9 Å². The number of sulfonamides is 1. The van der Waals surface area contributed by atoms with Gasteiger partial charge in [0.15, 0.2) is 5.69 Å². The zero-order chi connectivity index (χ0) is 30.8. The van der Waals surface area contributed by atoms with E-state index in [0.29, 0.717) is 34.6 Å². The molecule has 0 radical (unpaired) electrons. The Morgan fingerprint density at radius 3 is 2.40 bits per heavy atom. The molecule has 2 aliphatic rings. The summed E-state index contributed by atoms with van der Waals surface area (Å²) >= 11 is 6.03. The Hall–Kier alpha value is -4.10.